The molecular formula is C23H17Cl2NO4. The Morgan fingerprint density at radius 2 is 1.77 bits per heavy atom. The first kappa shape index (κ1) is 20.3. The van der Waals surface area contributed by atoms with Crippen LogP contribution in [-0.4, -0.2) is 28.0 Å². The molecule has 7 heteroatoms. The summed E-state index contributed by atoms with van der Waals surface area (Å²) in [7, 11) is 0. The summed E-state index contributed by atoms with van der Waals surface area (Å²) in [5.74, 6) is -1.49. The number of carboxylic acid groups (broad SMARTS) is 1. The van der Waals surface area contributed by atoms with Crippen LogP contribution in [0.5, 0.6) is 0 Å². The summed E-state index contributed by atoms with van der Waals surface area (Å²) in [5, 5.41) is 10.3. The Bertz CT molecular complexity index is 1110. The van der Waals surface area contributed by atoms with Gasteiger partial charge in [-0.2, -0.15) is 0 Å². The maximum atomic E-state index is 12.9. The summed E-state index contributed by atoms with van der Waals surface area (Å²) in [6.45, 7) is 0.481. The molecule has 2 aromatic carbocycles. The lowest BCUT2D eigenvalue weighted by molar-refractivity contribution is -0.148. The van der Waals surface area contributed by atoms with Crippen molar-refractivity contribution >= 4 is 35.1 Å². The number of carboxylic acids is 1. The normalized spacial score (nSPS) is 17.2. The molecule has 1 unspecified atom stereocenters. The fraction of sp³-hybridized carbons (Fsp3) is 0.130. The molecule has 4 rings (SSSR count). The summed E-state index contributed by atoms with van der Waals surface area (Å²) in [4.78, 5) is 26.3. The molecular weight excluding hydrogens is 425 g/mol. The van der Waals surface area contributed by atoms with Crippen molar-refractivity contribution in [1.29, 1.82) is 0 Å². The minimum absolute atomic E-state index is 0.140. The van der Waals surface area contributed by atoms with Gasteiger partial charge < -0.3 is 14.7 Å². The summed E-state index contributed by atoms with van der Waals surface area (Å²) >= 11 is 12.1. The van der Waals surface area contributed by atoms with Crippen LogP contribution in [0.15, 0.2) is 83.6 Å². The number of halogens is 2. The molecule has 0 aromatic heterocycles. The molecule has 1 aliphatic carbocycles. The highest BCUT2D eigenvalue weighted by Gasteiger charge is 2.39. The maximum absolute atomic E-state index is 12.9. The molecule has 152 valence electrons. The molecule has 0 bridgehead atoms. The average molecular weight is 442 g/mol. The molecule has 0 spiro atoms. The molecule has 2 aromatic rings. The second-order valence-corrected chi connectivity index (χ2v) is 7.75. The fourth-order valence-corrected chi connectivity index (χ4v) is 3.84. The van der Waals surface area contributed by atoms with Gasteiger partial charge in [0.05, 0.1) is 15.6 Å². The van der Waals surface area contributed by atoms with E-state index in [1.165, 1.54) is 6.08 Å². The van der Waals surface area contributed by atoms with Gasteiger partial charge in [-0.15, -0.1) is 0 Å². The van der Waals surface area contributed by atoms with Gasteiger partial charge in [-0.3, -0.25) is 0 Å². The third-order valence-corrected chi connectivity index (χ3v) is 5.72. The largest absolute Gasteiger partial charge is 0.478 e. The highest BCUT2D eigenvalue weighted by Crippen LogP contribution is 2.38. The van der Waals surface area contributed by atoms with Gasteiger partial charge in [0.1, 0.15) is 12.6 Å². The lowest BCUT2D eigenvalue weighted by Gasteiger charge is -2.27. The molecule has 0 amide bonds. The second kappa shape index (κ2) is 8.38. The van der Waals surface area contributed by atoms with Gasteiger partial charge in [-0.05, 0) is 41.5 Å². The Hall–Kier alpha value is -3.02. The number of nitrogens with zero attached hydrogens (tertiary/aromatic N) is 1. The monoisotopic (exact) mass is 441 g/mol. The lowest BCUT2D eigenvalue weighted by Crippen LogP contribution is -2.36. The Labute approximate surface area is 183 Å². The first-order chi connectivity index (χ1) is 14.4. The predicted octanol–water partition coefficient (Wildman–Crippen LogP) is 4.76. The Kier molecular flexibility index (Phi) is 5.66. The number of benzene rings is 2. The quantitative estimate of drug-likeness (QED) is 0.654. The molecule has 0 saturated carbocycles. The molecule has 1 atom stereocenters. The lowest BCUT2D eigenvalue weighted by atomic mass is 10.1. The van der Waals surface area contributed by atoms with Crippen LogP contribution in [0, 0.1) is 0 Å². The average Bonchev–Trinajstić information content (AvgIpc) is 3.30. The van der Waals surface area contributed by atoms with Gasteiger partial charge in [-0.1, -0.05) is 59.6 Å². The van der Waals surface area contributed by atoms with Crippen molar-refractivity contribution in [2.45, 2.75) is 19.2 Å². The van der Waals surface area contributed by atoms with E-state index in [9.17, 15) is 14.7 Å². The van der Waals surface area contributed by atoms with E-state index < -0.39 is 18.0 Å². The smallest absolute Gasteiger partial charge is 0.336 e. The maximum Gasteiger partial charge on any atom is 0.336 e. The minimum atomic E-state index is -1.04. The number of esters is 1. The van der Waals surface area contributed by atoms with Crippen molar-refractivity contribution < 1.29 is 19.4 Å². The second-order valence-electron chi connectivity index (χ2n) is 6.93. The molecule has 30 heavy (non-hydrogen) atoms. The van der Waals surface area contributed by atoms with Gasteiger partial charge in [-0.25, -0.2) is 9.59 Å². The number of hydrogen-bond donors (Lipinski definition) is 1. The molecule has 1 N–H and O–H groups in total. The van der Waals surface area contributed by atoms with E-state index in [2.05, 4.69) is 0 Å². The number of aliphatic carboxylic acids is 1. The predicted molar refractivity (Wildman–Crippen MR) is 114 cm³/mol. The number of carbonyl (C=O) groups excluding carboxylic acids is 1. The molecule has 0 fully saturated rings. The first-order valence-corrected chi connectivity index (χ1v) is 9.98. The summed E-state index contributed by atoms with van der Waals surface area (Å²) in [6.07, 6.45) is 4.89. The highest BCUT2D eigenvalue weighted by molar-refractivity contribution is 6.42. The Morgan fingerprint density at radius 3 is 2.47 bits per heavy atom. The van der Waals surface area contributed by atoms with Crippen LogP contribution in [0.25, 0.3) is 0 Å². The van der Waals surface area contributed by atoms with Crippen molar-refractivity contribution in [2.75, 3.05) is 0 Å². The van der Waals surface area contributed by atoms with E-state index in [1.807, 2.05) is 41.3 Å². The summed E-state index contributed by atoms with van der Waals surface area (Å²) < 4.78 is 5.52. The molecule has 1 heterocycles. The van der Waals surface area contributed by atoms with Crippen LogP contribution in [0.1, 0.15) is 11.1 Å². The SMILES string of the molecule is O=C(O)C1=CC=C2C1=CC(C(=O)OCc1ccccc1)N2Cc1ccc(Cl)c(Cl)c1. The van der Waals surface area contributed by atoms with Gasteiger partial charge in [0, 0.05) is 17.8 Å². The molecule has 1 aliphatic heterocycles. The number of ether oxygens (including phenoxy) is 1. The topological polar surface area (TPSA) is 66.8 Å². The zero-order valence-electron chi connectivity index (χ0n) is 15.7. The number of carbonyl (C=O) groups is 2. The van der Waals surface area contributed by atoms with Gasteiger partial charge in [0.2, 0.25) is 0 Å². The van der Waals surface area contributed by atoms with Crippen molar-refractivity contribution in [3.8, 4) is 0 Å². The number of hydrogen-bond acceptors (Lipinski definition) is 4. The van der Waals surface area contributed by atoms with Gasteiger partial charge in [0.15, 0.2) is 0 Å². The molecule has 0 saturated heterocycles. The van der Waals surface area contributed by atoms with Crippen molar-refractivity contribution in [3.05, 3.63) is 105 Å². The Morgan fingerprint density at radius 1 is 1.00 bits per heavy atom. The zero-order chi connectivity index (χ0) is 21.3. The molecule has 2 aliphatic rings. The minimum Gasteiger partial charge on any atom is -0.478 e. The van der Waals surface area contributed by atoms with Crippen molar-refractivity contribution in [2.24, 2.45) is 0 Å². The van der Waals surface area contributed by atoms with E-state index in [1.54, 1.807) is 24.3 Å². The van der Waals surface area contributed by atoms with E-state index >= 15 is 0 Å². The fourth-order valence-electron chi connectivity index (χ4n) is 3.52. The number of rotatable bonds is 6. The first-order valence-electron chi connectivity index (χ1n) is 9.23. The van der Waals surface area contributed by atoms with E-state index in [0.717, 1.165) is 11.1 Å². The third kappa shape index (κ3) is 3.99. The zero-order valence-corrected chi connectivity index (χ0v) is 17.2. The number of fused-ring (bicyclic) bond motifs is 1. The van der Waals surface area contributed by atoms with Crippen molar-refractivity contribution in [3.63, 3.8) is 0 Å². The Balaban J connectivity index is 1.58. The summed E-state index contributed by atoms with van der Waals surface area (Å²) in [5.41, 5.74) is 3.05. The van der Waals surface area contributed by atoms with E-state index in [4.69, 9.17) is 27.9 Å². The third-order valence-electron chi connectivity index (χ3n) is 4.98. The van der Waals surface area contributed by atoms with Crippen LogP contribution >= 0.6 is 23.2 Å². The van der Waals surface area contributed by atoms with E-state index in [0.29, 0.717) is 27.9 Å². The van der Waals surface area contributed by atoms with Gasteiger partial charge in [0.25, 0.3) is 0 Å². The number of allylic oxidation sites excluding steroid dienone is 3. The van der Waals surface area contributed by atoms with Crippen LogP contribution in [-0.2, 0) is 27.5 Å². The standard InChI is InChI=1S/C23H17Cl2NO4/c24-18-8-6-15(10-19(18)25)12-26-20-9-7-16(22(27)28)17(20)11-21(26)23(29)30-13-14-4-2-1-3-5-14/h1-11,21H,12-13H2,(H,27,28). The molecule has 0 radical (unpaired) electrons. The van der Waals surface area contributed by atoms with E-state index in [-0.39, 0.29) is 12.2 Å². The highest BCUT2D eigenvalue weighted by atomic mass is 35.5. The van der Waals surface area contributed by atoms with Crippen LogP contribution < -0.4 is 0 Å². The van der Waals surface area contributed by atoms with Crippen LogP contribution in [0.2, 0.25) is 10.0 Å². The summed E-state index contributed by atoms with van der Waals surface area (Å²) in [6, 6.07) is 13.9. The van der Waals surface area contributed by atoms with Crippen LogP contribution in [0.3, 0.4) is 0 Å². The van der Waals surface area contributed by atoms with Crippen LogP contribution in [0.4, 0.5) is 0 Å². The van der Waals surface area contributed by atoms with Crippen molar-refractivity contribution in [1.82, 2.24) is 4.90 Å². The molecule has 5 nitrogen and oxygen atoms in total. The van der Waals surface area contributed by atoms with Gasteiger partial charge >= 0.3 is 11.9 Å².